The summed E-state index contributed by atoms with van der Waals surface area (Å²) < 4.78 is 50.9. The van der Waals surface area contributed by atoms with Crippen LogP contribution in [0.1, 0.15) is 26.7 Å². The maximum absolute atomic E-state index is 13.1. The highest BCUT2D eigenvalue weighted by atomic mass is 19.4. The lowest BCUT2D eigenvalue weighted by molar-refractivity contribution is -0.192. The minimum atomic E-state index is -5.08. The number of hydrogen-bond donors (Lipinski definition) is 1. The number of piperidine rings is 1. The number of carboxylic acids is 1. The van der Waals surface area contributed by atoms with Crippen LogP contribution in [-0.4, -0.2) is 77.1 Å². The standard InChI is InChI=1S/C16H25FN4O.C2HF3O2/c1-3-20(4-2)14-11-21(16-18-8-13(17)9-19-16)10-12-6-5-7-22-15(12)14;3-2(4,5)1(6)7/h8-9,12,14-15H,3-7,10-11H2,1-2H3;(H,6,7)/t12-,14+,15-;/m0./s1. The normalized spacial score (nSPS) is 24.5. The fraction of sp³-hybridized carbons (Fsp3) is 0.722. The summed E-state index contributed by atoms with van der Waals surface area (Å²) in [5.41, 5.74) is 0. The van der Waals surface area contributed by atoms with Crippen LogP contribution in [0.25, 0.3) is 0 Å². The molecule has 3 rings (SSSR count). The Morgan fingerprint density at radius 2 is 1.86 bits per heavy atom. The predicted octanol–water partition coefficient (Wildman–Crippen LogP) is 2.57. The van der Waals surface area contributed by atoms with E-state index in [9.17, 15) is 17.6 Å². The number of carboxylic acid groups (broad SMARTS) is 1. The van der Waals surface area contributed by atoms with E-state index < -0.39 is 12.1 Å². The Hall–Kier alpha value is -2.01. The largest absolute Gasteiger partial charge is 0.490 e. The molecule has 0 spiro atoms. The topological polar surface area (TPSA) is 78.8 Å². The third-order valence-corrected chi connectivity index (χ3v) is 5.15. The van der Waals surface area contributed by atoms with Crippen molar-refractivity contribution in [3.05, 3.63) is 18.2 Å². The van der Waals surface area contributed by atoms with Gasteiger partial charge in [-0.05, 0) is 25.9 Å². The molecule has 0 amide bonds. The summed E-state index contributed by atoms with van der Waals surface area (Å²) >= 11 is 0. The van der Waals surface area contributed by atoms with Gasteiger partial charge >= 0.3 is 12.1 Å². The number of carbonyl (C=O) groups is 1. The number of anilines is 1. The zero-order chi connectivity index (χ0) is 21.6. The van der Waals surface area contributed by atoms with Crippen molar-refractivity contribution < 1.29 is 32.2 Å². The van der Waals surface area contributed by atoms with Gasteiger partial charge in [-0.25, -0.2) is 19.2 Å². The molecule has 0 saturated carbocycles. The van der Waals surface area contributed by atoms with Gasteiger partial charge in [-0.2, -0.15) is 13.2 Å². The molecule has 2 fully saturated rings. The van der Waals surface area contributed by atoms with E-state index in [1.807, 2.05) is 0 Å². The first-order valence-corrected chi connectivity index (χ1v) is 9.55. The van der Waals surface area contributed by atoms with Gasteiger partial charge in [-0.15, -0.1) is 0 Å². The molecule has 11 heteroatoms. The number of alkyl halides is 3. The SMILES string of the molecule is CCN(CC)[C@@H]1CN(c2ncc(F)cn2)C[C@@H]2CCCO[C@@H]21.O=C(O)C(F)(F)F. The van der Waals surface area contributed by atoms with Gasteiger partial charge in [0, 0.05) is 25.6 Å². The van der Waals surface area contributed by atoms with Crippen molar-refractivity contribution in [1.82, 2.24) is 14.9 Å². The number of fused-ring (bicyclic) bond motifs is 1. The average molecular weight is 422 g/mol. The van der Waals surface area contributed by atoms with Crippen molar-refractivity contribution in [2.75, 3.05) is 37.7 Å². The third kappa shape index (κ3) is 6.23. The molecule has 1 aromatic heterocycles. The van der Waals surface area contributed by atoms with E-state index in [2.05, 4.69) is 33.6 Å². The Labute approximate surface area is 166 Å². The summed E-state index contributed by atoms with van der Waals surface area (Å²) in [5.74, 6) is -2.02. The first-order chi connectivity index (χ1) is 13.7. The third-order valence-electron chi connectivity index (χ3n) is 5.15. The Morgan fingerprint density at radius 1 is 1.28 bits per heavy atom. The second kappa shape index (κ2) is 10.1. The highest BCUT2D eigenvalue weighted by Gasteiger charge is 2.42. The second-order valence-electron chi connectivity index (χ2n) is 6.94. The summed E-state index contributed by atoms with van der Waals surface area (Å²) in [5, 5.41) is 7.12. The van der Waals surface area contributed by atoms with Gasteiger partial charge in [0.2, 0.25) is 5.95 Å². The molecule has 0 aliphatic carbocycles. The predicted molar refractivity (Wildman–Crippen MR) is 97.1 cm³/mol. The van der Waals surface area contributed by atoms with Gasteiger partial charge in [-0.3, -0.25) is 4.90 Å². The number of likely N-dealkylation sites (N-methyl/N-ethyl adjacent to an activating group) is 1. The number of halogens is 4. The van der Waals surface area contributed by atoms with Crippen LogP contribution in [0.4, 0.5) is 23.5 Å². The summed E-state index contributed by atoms with van der Waals surface area (Å²) in [4.78, 5) is 21.9. The molecular weight excluding hydrogens is 396 g/mol. The number of ether oxygens (including phenoxy) is 1. The van der Waals surface area contributed by atoms with Crippen LogP contribution in [0.3, 0.4) is 0 Å². The molecule has 7 nitrogen and oxygen atoms in total. The maximum atomic E-state index is 13.1. The van der Waals surface area contributed by atoms with Crippen LogP contribution in [-0.2, 0) is 9.53 Å². The van der Waals surface area contributed by atoms with Crippen LogP contribution in [0.5, 0.6) is 0 Å². The fourth-order valence-electron chi connectivity index (χ4n) is 3.82. The smallest absolute Gasteiger partial charge is 0.475 e. The molecule has 0 aromatic carbocycles. The molecule has 1 aromatic rings. The monoisotopic (exact) mass is 422 g/mol. The molecule has 2 saturated heterocycles. The van der Waals surface area contributed by atoms with E-state index in [1.54, 1.807) is 0 Å². The van der Waals surface area contributed by atoms with Gasteiger partial charge in [0.25, 0.3) is 0 Å². The summed E-state index contributed by atoms with van der Waals surface area (Å²) in [6.07, 6.45) is 0.00575. The van der Waals surface area contributed by atoms with Gasteiger partial charge in [-0.1, -0.05) is 13.8 Å². The van der Waals surface area contributed by atoms with Crippen LogP contribution < -0.4 is 4.90 Å². The Bertz CT molecular complexity index is 656. The van der Waals surface area contributed by atoms with Crippen LogP contribution >= 0.6 is 0 Å². The first kappa shape index (κ1) is 23.3. The van der Waals surface area contributed by atoms with Crippen LogP contribution in [0.15, 0.2) is 12.4 Å². The zero-order valence-corrected chi connectivity index (χ0v) is 16.4. The highest BCUT2D eigenvalue weighted by molar-refractivity contribution is 5.73. The Kier molecular flexibility index (Phi) is 8.14. The first-order valence-electron chi connectivity index (χ1n) is 9.55. The van der Waals surface area contributed by atoms with Crippen molar-refractivity contribution in [2.24, 2.45) is 5.92 Å². The van der Waals surface area contributed by atoms with E-state index in [1.165, 1.54) is 18.8 Å². The van der Waals surface area contributed by atoms with Crippen molar-refractivity contribution >= 4 is 11.9 Å². The van der Waals surface area contributed by atoms with Crippen molar-refractivity contribution in [2.45, 2.75) is 45.0 Å². The zero-order valence-electron chi connectivity index (χ0n) is 16.4. The molecule has 1 N–H and O–H groups in total. The minimum absolute atomic E-state index is 0.297. The van der Waals surface area contributed by atoms with E-state index >= 15 is 0 Å². The van der Waals surface area contributed by atoms with Crippen molar-refractivity contribution in [3.8, 4) is 0 Å². The lowest BCUT2D eigenvalue weighted by atomic mass is 9.85. The lowest BCUT2D eigenvalue weighted by Gasteiger charge is -2.49. The van der Waals surface area contributed by atoms with E-state index in [0.29, 0.717) is 24.0 Å². The average Bonchev–Trinajstić information content (AvgIpc) is 2.69. The van der Waals surface area contributed by atoms with E-state index in [4.69, 9.17) is 14.6 Å². The van der Waals surface area contributed by atoms with Crippen LogP contribution in [0, 0.1) is 11.7 Å². The second-order valence-corrected chi connectivity index (χ2v) is 6.94. The molecule has 3 atom stereocenters. The van der Waals surface area contributed by atoms with Gasteiger partial charge in [0.15, 0.2) is 5.82 Å². The minimum Gasteiger partial charge on any atom is -0.475 e. The lowest BCUT2D eigenvalue weighted by Crippen LogP contribution is -2.61. The molecule has 29 heavy (non-hydrogen) atoms. The number of nitrogens with zero attached hydrogens (tertiary/aromatic N) is 4. The molecule has 0 radical (unpaired) electrons. The van der Waals surface area contributed by atoms with Gasteiger partial charge < -0.3 is 14.7 Å². The molecule has 0 bridgehead atoms. The number of aliphatic carboxylic acids is 1. The van der Waals surface area contributed by atoms with Gasteiger partial charge in [0.05, 0.1) is 24.5 Å². The van der Waals surface area contributed by atoms with E-state index in [0.717, 1.165) is 39.2 Å². The van der Waals surface area contributed by atoms with Crippen molar-refractivity contribution in [3.63, 3.8) is 0 Å². The number of rotatable bonds is 4. The quantitative estimate of drug-likeness (QED) is 0.748. The maximum Gasteiger partial charge on any atom is 0.490 e. The van der Waals surface area contributed by atoms with Gasteiger partial charge in [0.1, 0.15) is 0 Å². The molecular formula is C18H26F4N4O3. The van der Waals surface area contributed by atoms with Crippen LogP contribution in [0.2, 0.25) is 0 Å². The van der Waals surface area contributed by atoms with E-state index in [-0.39, 0.29) is 5.82 Å². The molecule has 3 heterocycles. The molecule has 2 aliphatic rings. The highest BCUT2D eigenvalue weighted by Crippen LogP contribution is 2.32. The molecule has 164 valence electrons. The molecule has 2 aliphatic heterocycles. The fourth-order valence-corrected chi connectivity index (χ4v) is 3.82. The summed E-state index contributed by atoms with van der Waals surface area (Å²) in [6.45, 7) is 9.00. The molecule has 0 unspecified atom stereocenters. The Morgan fingerprint density at radius 3 is 2.38 bits per heavy atom. The Balaban J connectivity index is 0.000000370. The summed E-state index contributed by atoms with van der Waals surface area (Å²) in [7, 11) is 0. The number of hydrogen-bond acceptors (Lipinski definition) is 6. The van der Waals surface area contributed by atoms with Crippen molar-refractivity contribution in [1.29, 1.82) is 0 Å². The number of aromatic nitrogens is 2. The summed E-state index contributed by atoms with van der Waals surface area (Å²) in [6, 6.07) is 0.350.